The first-order valence-electron chi connectivity index (χ1n) is 16.3. The highest BCUT2D eigenvalue weighted by Crippen LogP contribution is 2.16. The van der Waals surface area contributed by atoms with E-state index in [1.807, 2.05) is 30.0 Å². The van der Waals surface area contributed by atoms with Crippen molar-refractivity contribution in [1.29, 1.82) is 0 Å². The highest BCUT2D eigenvalue weighted by Gasteiger charge is 2.07. The maximum absolute atomic E-state index is 5.28. The molecule has 4 nitrogen and oxygen atoms in total. The third-order valence-corrected chi connectivity index (χ3v) is 5.72. The lowest BCUT2D eigenvalue weighted by atomic mass is 10.1. The lowest BCUT2D eigenvalue weighted by Gasteiger charge is -2.16. The van der Waals surface area contributed by atoms with E-state index in [-0.39, 0.29) is 0 Å². The Kier molecular flexibility index (Phi) is 35.2. The summed E-state index contributed by atoms with van der Waals surface area (Å²) in [4.78, 5) is 0. The standard InChI is InChI=1S/C12H22O2.C10H18.C8H18N2.C8H16S/c1-9(2)7-11(13-5)12(14-6)8-10(3)4;1-9(2)7-5-6-8-10(3)4;1-7(2)6-9-10(5)8(3)4;1-7(2)5-6-9-8(3)4/h7-10H,1-6H3;5-10H,1-4H3;6-8H,1-5H3;5-8H,1-4H3/b11-7+,12-8+;7-5-,8-6-;9-6-;6-5-. The van der Waals surface area contributed by atoms with Gasteiger partial charge in [0.15, 0.2) is 11.5 Å². The van der Waals surface area contributed by atoms with Gasteiger partial charge in [-0.05, 0) is 66.9 Å². The van der Waals surface area contributed by atoms with Gasteiger partial charge in [0.25, 0.3) is 0 Å². The summed E-state index contributed by atoms with van der Waals surface area (Å²) in [6, 6.07) is 0.495. The summed E-state index contributed by atoms with van der Waals surface area (Å²) in [5.41, 5.74) is 0. The van der Waals surface area contributed by atoms with Crippen molar-refractivity contribution in [2.24, 2.45) is 40.6 Å². The van der Waals surface area contributed by atoms with Crippen molar-refractivity contribution in [3.8, 4) is 0 Å². The number of hydrogen-bond donors (Lipinski definition) is 0. The summed E-state index contributed by atoms with van der Waals surface area (Å²) in [6.45, 7) is 34.5. The summed E-state index contributed by atoms with van der Waals surface area (Å²) in [6.07, 6.45) is 16.9. The number of hydrogen-bond acceptors (Lipinski definition) is 5. The van der Waals surface area contributed by atoms with Crippen LogP contribution in [0.2, 0.25) is 0 Å². The minimum absolute atomic E-state index is 0.454. The van der Waals surface area contributed by atoms with Crippen molar-refractivity contribution in [3.05, 3.63) is 59.5 Å². The zero-order valence-electron chi connectivity index (χ0n) is 31.9. The van der Waals surface area contributed by atoms with E-state index in [0.717, 1.165) is 16.8 Å². The number of hydrazone groups is 1. The van der Waals surface area contributed by atoms with Gasteiger partial charge in [-0.3, -0.25) is 5.01 Å². The normalized spacial score (nSPS) is 12.8. The topological polar surface area (TPSA) is 34.1 Å². The minimum Gasteiger partial charge on any atom is -0.493 e. The van der Waals surface area contributed by atoms with E-state index in [2.05, 4.69) is 164 Å². The van der Waals surface area contributed by atoms with Gasteiger partial charge in [0, 0.05) is 24.6 Å². The molecule has 0 fully saturated rings. The quantitative estimate of drug-likeness (QED) is 0.0835. The maximum atomic E-state index is 5.28. The summed E-state index contributed by atoms with van der Waals surface area (Å²) < 4.78 is 10.6. The van der Waals surface area contributed by atoms with Crippen LogP contribution in [0.15, 0.2) is 64.6 Å². The number of nitrogens with zero attached hydrogens (tertiary/aromatic N) is 2. The molecule has 0 aromatic rings. The Hall–Kier alpha value is -1.88. The Morgan fingerprint density at radius 1 is 0.558 bits per heavy atom. The van der Waals surface area contributed by atoms with Crippen molar-refractivity contribution < 1.29 is 9.47 Å². The lowest BCUT2D eigenvalue weighted by Crippen LogP contribution is -2.20. The first-order valence-corrected chi connectivity index (χ1v) is 17.2. The molecular weight excluding hydrogens is 548 g/mol. The third kappa shape index (κ3) is 44.7. The highest BCUT2D eigenvalue weighted by molar-refractivity contribution is 8.02. The van der Waals surface area contributed by atoms with Gasteiger partial charge < -0.3 is 9.47 Å². The van der Waals surface area contributed by atoms with Crippen LogP contribution in [0.5, 0.6) is 0 Å². The van der Waals surface area contributed by atoms with Crippen LogP contribution < -0.4 is 0 Å². The average molecular weight is 623 g/mol. The Morgan fingerprint density at radius 2 is 0.930 bits per heavy atom. The molecule has 43 heavy (non-hydrogen) atoms. The predicted molar refractivity (Wildman–Crippen MR) is 201 cm³/mol. The Balaban J connectivity index is -0.000000240. The molecule has 0 bridgehead atoms. The number of ether oxygens (including phenoxy) is 2. The molecule has 0 saturated heterocycles. The molecule has 0 saturated carbocycles. The molecule has 0 N–H and O–H groups in total. The van der Waals surface area contributed by atoms with Crippen molar-refractivity contribution in [1.82, 2.24) is 5.01 Å². The van der Waals surface area contributed by atoms with Crippen molar-refractivity contribution in [2.45, 2.75) is 122 Å². The predicted octanol–water partition coefficient (Wildman–Crippen LogP) is 12.0. The molecule has 0 spiro atoms. The Morgan fingerprint density at radius 3 is 1.16 bits per heavy atom. The molecule has 254 valence electrons. The second kappa shape index (κ2) is 31.5. The summed E-state index contributed by atoms with van der Waals surface area (Å²) in [5.74, 6) is 5.10. The molecule has 0 aliphatic heterocycles. The maximum Gasteiger partial charge on any atom is 0.156 e. The second-order valence-electron chi connectivity index (χ2n) is 13.1. The van der Waals surface area contributed by atoms with Gasteiger partial charge in [0.05, 0.1) is 14.2 Å². The van der Waals surface area contributed by atoms with Gasteiger partial charge in [-0.1, -0.05) is 127 Å². The average Bonchev–Trinajstić information content (AvgIpc) is 2.87. The number of methoxy groups -OCH3 is 2. The lowest BCUT2D eigenvalue weighted by molar-refractivity contribution is 0.216. The van der Waals surface area contributed by atoms with Crippen LogP contribution in [0.25, 0.3) is 0 Å². The molecule has 0 heterocycles. The van der Waals surface area contributed by atoms with E-state index in [1.165, 1.54) is 0 Å². The number of thioether (sulfide) groups is 1. The molecule has 0 unspecified atom stereocenters. The molecule has 5 heteroatoms. The summed E-state index contributed by atoms with van der Waals surface area (Å²) in [7, 11) is 5.33. The van der Waals surface area contributed by atoms with E-state index < -0.39 is 0 Å². The first-order chi connectivity index (χ1) is 19.8. The van der Waals surface area contributed by atoms with Crippen molar-refractivity contribution in [2.75, 3.05) is 21.3 Å². The summed E-state index contributed by atoms with van der Waals surface area (Å²) >= 11 is 1.88. The fourth-order valence-electron chi connectivity index (χ4n) is 2.41. The van der Waals surface area contributed by atoms with E-state index in [4.69, 9.17) is 9.47 Å². The van der Waals surface area contributed by atoms with Gasteiger partial charge in [-0.15, -0.1) is 11.8 Å². The zero-order valence-corrected chi connectivity index (χ0v) is 32.8. The van der Waals surface area contributed by atoms with E-state index in [9.17, 15) is 0 Å². The van der Waals surface area contributed by atoms with Crippen LogP contribution in [0.1, 0.15) is 111 Å². The van der Waals surface area contributed by atoms with Crippen LogP contribution in [-0.2, 0) is 9.47 Å². The highest BCUT2D eigenvalue weighted by atomic mass is 32.2. The van der Waals surface area contributed by atoms with Crippen LogP contribution in [0, 0.1) is 35.5 Å². The fourth-order valence-corrected chi connectivity index (χ4v) is 3.13. The van der Waals surface area contributed by atoms with Gasteiger partial charge >= 0.3 is 0 Å². The summed E-state index contributed by atoms with van der Waals surface area (Å²) in [5, 5.41) is 9.10. The molecule has 0 aliphatic carbocycles. The smallest absolute Gasteiger partial charge is 0.156 e. The van der Waals surface area contributed by atoms with Crippen LogP contribution in [-0.4, -0.2) is 43.8 Å². The monoisotopic (exact) mass is 623 g/mol. The van der Waals surface area contributed by atoms with E-state index in [0.29, 0.717) is 41.5 Å². The van der Waals surface area contributed by atoms with Crippen LogP contribution in [0.3, 0.4) is 0 Å². The number of rotatable bonds is 14. The second-order valence-corrected chi connectivity index (χ2v) is 14.6. The fraction of sp³-hybridized carbons (Fsp3) is 0.711. The van der Waals surface area contributed by atoms with Crippen molar-refractivity contribution in [3.63, 3.8) is 0 Å². The van der Waals surface area contributed by atoms with Gasteiger partial charge in [-0.25, -0.2) is 0 Å². The first kappa shape index (κ1) is 48.0. The molecule has 0 rings (SSSR count). The van der Waals surface area contributed by atoms with Gasteiger partial charge in [0.2, 0.25) is 0 Å². The molecular formula is C38H74N2O2S. The van der Waals surface area contributed by atoms with E-state index in [1.54, 1.807) is 14.2 Å². The van der Waals surface area contributed by atoms with Gasteiger partial charge in [0.1, 0.15) is 0 Å². The van der Waals surface area contributed by atoms with Crippen molar-refractivity contribution >= 4 is 18.0 Å². The Labute approximate surface area is 275 Å². The largest absolute Gasteiger partial charge is 0.493 e. The van der Waals surface area contributed by atoms with Crippen LogP contribution in [0.4, 0.5) is 0 Å². The van der Waals surface area contributed by atoms with Crippen LogP contribution >= 0.6 is 11.8 Å². The van der Waals surface area contributed by atoms with Gasteiger partial charge in [-0.2, -0.15) is 5.10 Å². The molecule has 0 aliphatic rings. The SMILES string of the molecule is CC(C)/C=C\C=C/C(C)C.CC(C)/C=C\SC(C)C.CC(C)/C=N\N(C)C(C)C.COC(=C/C(C)C)/C(=C\C(C)C)OC. The zero-order chi connectivity index (χ0) is 34.5. The minimum atomic E-state index is 0.454. The molecule has 0 radical (unpaired) electrons. The molecule has 0 atom stereocenters. The van der Waals surface area contributed by atoms with E-state index >= 15 is 0 Å². The third-order valence-electron chi connectivity index (χ3n) is 4.86. The molecule has 0 amide bonds. The Bertz CT molecular complexity index is 744. The molecule has 0 aromatic heterocycles. The number of allylic oxidation sites excluding steroid dienone is 7. The molecule has 0 aromatic carbocycles.